The van der Waals surface area contributed by atoms with Crippen molar-refractivity contribution in [1.82, 2.24) is 4.90 Å². The molecule has 1 aliphatic rings. The van der Waals surface area contributed by atoms with E-state index in [-0.39, 0.29) is 11.3 Å². The van der Waals surface area contributed by atoms with Crippen LogP contribution in [0.25, 0.3) is 0 Å². The van der Waals surface area contributed by atoms with E-state index in [2.05, 4.69) is 0 Å². The third kappa shape index (κ3) is 2.98. The minimum absolute atomic E-state index is 0.0793. The van der Waals surface area contributed by atoms with Crippen LogP contribution in [-0.4, -0.2) is 22.7 Å². The molecule has 2 nitrogen and oxygen atoms in total. The van der Waals surface area contributed by atoms with Gasteiger partial charge < -0.3 is 4.90 Å². The molecule has 0 N–H and O–H groups in total. The van der Waals surface area contributed by atoms with E-state index in [9.17, 15) is 4.79 Å². The van der Waals surface area contributed by atoms with Gasteiger partial charge in [-0.2, -0.15) is 0 Å². The first kappa shape index (κ1) is 11.9. The zero-order valence-corrected chi connectivity index (χ0v) is 10.4. The summed E-state index contributed by atoms with van der Waals surface area (Å²) in [4.78, 5) is 13.8. The Morgan fingerprint density at radius 2 is 2.00 bits per heavy atom. The number of hydrogen-bond donors (Lipinski definition) is 0. The van der Waals surface area contributed by atoms with Gasteiger partial charge in [0.25, 0.3) is 0 Å². The second kappa shape index (κ2) is 5.19. The summed E-state index contributed by atoms with van der Waals surface area (Å²) >= 11 is 6.08. The second-order valence-corrected chi connectivity index (χ2v) is 4.51. The molecule has 1 atom stereocenters. The third-order valence-electron chi connectivity index (χ3n) is 2.68. The van der Waals surface area contributed by atoms with Gasteiger partial charge in [-0.25, -0.2) is 0 Å². The van der Waals surface area contributed by atoms with Gasteiger partial charge in [0, 0.05) is 11.8 Å². The number of alkyl halides is 1. The lowest BCUT2D eigenvalue weighted by Gasteiger charge is -2.24. The van der Waals surface area contributed by atoms with Crippen molar-refractivity contribution in [3.63, 3.8) is 0 Å². The van der Waals surface area contributed by atoms with Crippen molar-refractivity contribution in [2.45, 2.75) is 12.4 Å². The molecular weight excluding hydrogens is 234 g/mol. The highest BCUT2D eigenvalue weighted by atomic mass is 35.5. The van der Waals surface area contributed by atoms with Gasteiger partial charge in [-0.1, -0.05) is 47.5 Å². The fourth-order valence-corrected chi connectivity index (χ4v) is 1.86. The molecule has 0 saturated carbocycles. The molecule has 0 radical (unpaired) electrons. The van der Waals surface area contributed by atoms with Gasteiger partial charge in [-0.15, -0.1) is 0 Å². The van der Waals surface area contributed by atoms with Gasteiger partial charge >= 0.3 is 0 Å². The van der Waals surface area contributed by atoms with Crippen molar-refractivity contribution in [2.24, 2.45) is 0 Å². The van der Waals surface area contributed by atoms with Gasteiger partial charge in [-0.05, 0) is 19.1 Å². The predicted octanol–water partition coefficient (Wildman–Crippen LogP) is 3.13. The number of rotatable bonds is 3. The van der Waals surface area contributed by atoms with Gasteiger partial charge in [0.15, 0.2) is 5.78 Å². The van der Waals surface area contributed by atoms with Crippen LogP contribution in [0.5, 0.6) is 0 Å². The second-order valence-electron chi connectivity index (χ2n) is 4.06. The van der Waals surface area contributed by atoms with Crippen molar-refractivity contribution in [3.05, 3.63) is 59.8 Å². The molecule has 0 aromatic heterocycles. The minimum Gasteiger partial charge on any atom is -0.350 e. The molecule has 1 heterocycles. The van der Waals surface area contributed by atoms with Crippen molar-refractivity contribution < 1.29 is 4.79 Å². The Bertz CT molecular complexity index is 462. The molecule has 1 aliphatic heterocycles. The van der Waals surface area contributed by atoms with Crippen molar-refractivity contribution in [2.75, 3.05) is 6.54 Å². The highest BCUT2D eigenvalue weighted by Crippen LogP contribution is 2.13. The van der Waals surface area contributed by atoms with E-state index in [0.29, 0.717) is 6.54 Å². The molecule has 17 heavy (non-hydrogen) atoms. The largest absolute Gasteiger partial charge is 0.350 e. The van der Waals surface area contributed by atoms with Crippen LogP contribution < -0.4 is 0 Å². The Morgan fingerprint density at radius 3 is 2.65 bits per heavy atom. The van der Waals surface area contributed by atoms with Crippen molar-refractivity contribution >= 4 is 17.4 Å². The van der Waals surface area contributed by atoms with Gasteiger partial charge in [0.05, 0.1) is 6.54 Å². The molecule has 0 saturated heterocycles. The monoisotopic (exact) mass is 247 g/mol. The highest BCUT2D eigenvalue weighted by Gasteiger charge is 2.15. The number of carbonyl (C=O) groups is 1. The van der Waals surface area contributed by atoms with Crippen molar-refractivity contribution in [3.8, 4) is 0 Å². The molecule has 0 aliphatic carbocycles. The number of hydrogen-bond acceptors (Lipinski definition) is 2. The lowest BCUT2D eigenvalue weighted by molar-refractivity contribution is 0.0955. The molecule has 1 unspecified atom stereocenters. The maximum absolute atomic E-state index is 12.0. The Hall–Kier alpha value is -1.54. The van der Waals surface area contributed by atoms with Gasteiger partial charge in [-0.3, -0.25) is 4.79 Å². The Kier molecular flexibility index (Phi) is 3.64. The number of benzene rings is 1. The molecule has 0 spiro atoms. The molecule has 0 amide bonds. The topological polar surface area (TPSA) is 20.3 Å². The van der Waals surface area contributed by atoms with Crippen LogP contribution in [0.2, 0.25) is 0 Å². The molecule has 88 valence electrons. The molecule has 0 bridgehead atoms. The van der Waals surface area contributed by atoms with E-state index < -0.39 is 0 Å². The summed E-state index contributed by atoms with van der Waals surface area (Å²) in [6.07, 6.45) is 7.44. The Labute approximate surface area is 106 Å². The molecule has 1 aromatic rings. The number of ketones is 1. The quantitative estimate of drug-likeness (QED) is 0.465. The zero-order chi connectivity index (χ0) is 12.3. The summed E-state index contributed by atoms with van der Waals surface area (Å²) in [5, 5.41) is 0. The summed E-state index contributed by atoms with van der Waals surface area (Å²) in [6, 6.07) is 7.59. The molecule has 2 rings (SSSR count). The van der Waals surface area contributed by atoms with Gasteiger partial charge in [0.2, 0.25) is 0 Å². The Morgan fingerprint density at radius 1 is 1.29 bits per heavy atom. The normalized spacial score (nSPS) is 18.5. The average molecular weight is 248 g/mol. The van der Waals surface area contributed by atoms with E-state index in [4.69, 9.17) is 11.6 Å². The van der Waals surface area contributed by atoms with E-state index >= 15 is 0 Å². The van der Waals surface area contributed by atoms with E-state index in [1.165, 1.54) is 0 Å². The first-order chi connectivity index (χ1) is 8.16. The van der Waals surface area contributed by atoms with Crippen LogP contribution in [0.15, 0.2) is 48.7 Å². The highest BCUT2D eigenvalue weighted by molar-refractivity contribution is 6.21. The average Bonchev–Trinajstić information content (AvgIpc) is 2.33. The molecule has 1 aromatic carbocycles. The van der Waals surface area contributed by atoms with Crippen LogP contribution in [0.3, 0.4) is 0 Å². The third-order valence-corrected chi connectivity index (χ3v) is 3.07. The van der Waals surface area contributed by atoms with Crippen LogP contribution in [0, 0.1) is 6.92 Å². The molecular formula is C14H14ClNO. The summed E-state index contributed by atoms with van der Waals surface area (Å²) in [5.41, 5.74) is 1.63. The minimum atomic E-state index is -0.241. The van der Waals surface area contributed by atoms with Crippen LogP contribution in [0.1, 0.15) is 15.9 Å². The maximum Gasteiger partial charge on any atom is 0.182 e. The summed E-state index contributed by atoms with van der Waals surface area (Å²) in [6.45, 7) is 2.30. The number of allylic oxidation sites excluding steroid dienone is 2. The number of halogens is 1. The smallest absolute Gasteiger partial charge is 0.182 e. The number of Topliss-reactive ketones (excluding diaryl/α,β-unsaturated/α-hetero) is 1. The fourth-order valence-electron chi connectivity index (χ4n) is 1.65. The van der Waals surface area contributed by atoms with Gasteiger partial charge in [0.1, 0.15) is 5.50 Å². The van der Waals surface area contributed by atoms with Crippen LogP contribution in [0.4, 0.5) is 0 Å². The number of carbonyl (C=O) groups excluding carboxylic acids is 1. The van der Waals surface area contributed by atoms with E-state index in [0.717, 1.165) is 11.1 Å². The van der Waals surface area contributed by atoms with E-state index in [1.807, 2.05) is 60.5 Å². The number of aryl methyl sites for hydroxylation is 1. The maximum atomic E-state index is 12.0. The first-order valence-corrected chi connectivity index (χ1v) is 5.95. The van der Waals surface area contributed by atoms with Crippen LogP contribution >= 0.6 is 11.6 Å². The SMILES string of the molecule is Cc1ccc(C(=O)CN2C=CC=CC2Cl)cc1. The summed E-state index contributed by atoms with van der Waals surface area (Å²) in [5.74, 6) is 0.0793. The lowest BCUT2D eigenvalue weighted by atomic mass is 10.1. The van der Waals surface area contributed by atoms with E-state index in [1.54, 1.807) is 0 Å². The fraction of sp³-hybridized carbons (Fsp3) is 0.214. The zero-order valence-electron chi connectivity index (χ0n) is 9.64. The summed E-state index contributed by atoms with van der Waals surface area (Å²) in [7, 11) is 0. The number of nitrogens with zero attached hydrogens (tertiary/aromatic N) is 1. The predicted molar refractivity (Wildman–Crippen MR) is 70.1 cm³/mol. The first-order valence-electron chi connectivity index (χ1n) is 5.51. The molecule has 0 fully saturated rings. The Balaban J connectivity index is 2.04. The summed E-state index contributed by atoms with van der Waals surface area (Å²) < 4.78 is 0. The standard InChI is InChI=1S/C14H14ClNO/c1-11-5-7-12(8-6-11)13(17)10-16-9-3-2-4-14(16)15/h2-9,14H,10H2,1H3. The molecule has 3 heteroatoms. The van der Waals surface area contributed by atoms with Crippen LogP contribution in [-0.2, 0) is 0 Å². The van der Waals surface area contributed by atoms with Crippen molar-refractivity contribution in [1.29, 1.82) is 0 Å². The lowest BCUT2D eigenvalue weighted by Crippen LogP contribution is -2.31.